The Balaban J connectivity index is 1.64. The summed E-state index contributed by atoms with van der Waals surface area (Å²) >= 11 is 0. The molecule has 24 heavy (non-hydrogen) atoms. The standard InChI is InChI=1S/C17H18N6O/c1-12(23-10-9-19-13(23)2)14-3-5-15(6-4-14)21-17(24)22-16-11-18-7-8-20-16/h3-12H,1-2H3,(H2,20,21,22,24)/t12-/m0/s1. The number of amides is 2. The molecule has 0 saturated carbocycles. The molecule has 3 aromatic rings. The third kappa shape index (κ3) is 3.57. The summed E-state index contributed by atoms with van der Waals surface area (Å²) in [5, 5.41) is 5.39. The van der Waals surface area contributed by atoms with E-state index < -0.39 is 0 Å². The Morgan fingerprint density at radius 1 is 1.08 bits per heavy atom. The molecule has 0 bridgehead atoms. The maximum absolute atomic E-state index is 11.9. The summed E-state index contributed by atoms with van der Waals surface area (Å²) < 4.78 is 2.10. The van der Waals surface area contributed by atoms with E-state index in [0.29, 0.717) is 11.5 Å². The predicted molar refractivity (Wildman–Crippen MR) is 91.9 cm³/mol. The van der Waals surface area contributed by atoms with Crippen LogP contribution in [0.2, 0.25) is 0 Å². The highest BCUT2D eigenvalue weighted by Crippen LogP contribution is 2.21. The third-order valence-corrected chi connectivity index (χ3v) is 3.74. The van der Waals surface area contributed by atoms with E-state index in [2.05, 4.69) is 37.1 Å². The second-order valence-corrected chi connectivity index (χ2v) is 5.35. The van der Waals surface area contributed by atoms with E-state index in [4.69, 9.17) is 0 Å². The Morgan fingerprint density at radius 2 is 1.88 bits per heavy atom. The molecule has 2 aromatic heterocycles. The molecule has 7 nitrogen and oxygen atoms in total. The molecule has 2 amide bonds. The van der Waals surface area contributed by atoms with Crippen LogP contribution in [0.4, 0.5) is 16.3 Å². The summed E-state index contributed by atoms with van der Waals surface area (Å²) in [7, 11) is 0. The highest BCUT2D eigenvalue weighted by molar-refractivity contribution is 5.99. The van der Waals surface area contributed by atoms with Gasteiger partial charge in [-0.15, -0.1) is 0 Å². The van der Waals surface area contributed by atoms with Crippen LogP contribution in [0.25, 0.3) is 0 Å². The SMILES string of the molecule is Cc1nccn1[C@@H](C)c1ccc(NC(=O)Nc2cnccn2)cc1. The van der Waals surface area contributed by atoms with Gasteiger partial charge in [0.2, 0.25) is 0 Å². The Kier molecular flexibility index (Phi) is 4.51. The largest absolute Gasteiger partial charge is 0.328 e. The number of nitrogens with zero attached hydrogens (tertiary/aromatic N) is 4. The molecular formula is C17H18N6O. The number of benzene rings is 1. The number of carbonyl (C=O) groups is 1. The summed E-state index contributed by atoms with van der Waals surface area (Å²) in [6.45, 7) is 4.08. The van der Waals surface area contributed by atoms with E-state index in [1.807, 2.05) is 37.4 Å². The number of urea groups is 1. The van der Waals surface area contributed by atoms with Gasteiger partial charge >= 0.3 is 6.03 Å². The van der Waals surface area contributed by atoms with Crippen molar-refractivity contribution in [1.29, 1.82) is 0 Å². The van der Waals surface area contributed by atoms with Gasteiger partial charge in [-0.25, -0.2) is 14.8 Å². The van der Waals surface area contributed by atoms with E-state index in [1.165, 1.54) is 12.4 Å². The van der Waals surface area contributed by atoms with Crippen LogP contribution >= 0.6 is 0 Å². The molecule has 122 valence electrons. The Labute approximate surface area is 139 Å². The maximum Gasteiger partial charge on any atom is 0.324 e. The highest BCUT2D eigenvalue weighted by atomic mass is 16.2. The summed E-state index contributed by atoms with van der Waals surface area (Å²) in [4.78, 5) is 24.1. The molecule has 7 heteroatoms. The third-order valence-electron chi connectivity index (χ3n) is 3.74. The molecule has 3 rings (SSSR count). The van der Waals surface area contributed by atoms with Crippen LogP contribution in [-0.4, -0.2) is 25.6 Å². The van der Waals surface area contributed by atoms with Crippen LogP contribution in [0, 0.1) is 6.92 Å². The average Bonchev–Trinajstić information content (AvgIpc) is 3.02. The Bertz CT molecular complexity index is 813. The second kappa shape index (κ2) is 6.91. The van der Waals surface area contributed by atoms with Crippen molar-refractivity contribution in [2.45, 2.75) is 19.9 Å². The number of hydrogen-bond donors (Lipinski definition) is 2. The first kappa shape index (κ1) is 15.7. The lowest BCUT2D eigenvalue weighted by Crippen LogP contribution is -2.20. The van der Waals surface area contributed by atoms with E-state index >= 15 is 0 Å². The van der Waals surface area contributed by atoms with Crippen LogP contribution in [-0.2, 0) is 0 Å². The fourth-order valence-electron chi connectivity index (χ4n) is 2.44. The summed E-state index contributed by atoms with van der Waals surface area (Å²) in [5.74, 6) is 1.36. The molecule has 0 spiro atoms. The number of anilines is 2. The van der Waals surface area contributed by atoms with Gasteiger partial charge in [0.25, 0.3) is 0 Å². The van der Waals surface area contributed by atoms with E-state index in [1.54, 1.807) is 12.4 Å². The van der Waals surface area contributed by atoms with Gasteiger partial charge in [-0.05, 0) is 31.5 Å². The molecule has 0 radical (unpaired) electrons. The Hall–Kier alpha value is -3.22. The van der Waals surface area contributed by atoms with Crippen molar-refractivity contribution in [2.24, 2.45) is 0 Å². The number of carbonyl (C=O) groups excluding carboxylic acids is 1. The zero-order valence-corrected chi connectivity index (χ0v) is 13.5. The van der Waals surface area contributed by atoms with Crippen LogP contribution in [0.3, 0.4) is 0 Å². The molecule has 2 heterocycles. The summed E-state index contributed by atoms with van der Waals surface area (Å²) in [5.41, 5.74) is 1.84. The normalized spacial score (nSPS) is 11.8. The van der Waals surface area contributed by atoms with Crippen molar-refractivity contribution >= 4 is 17.5 Å². The van der Waals surface area contributed by atoms with Crippen molar-refractivity contribution in [1.82, 2.24) is 19.5 Å². The number of aryl methyl sites for hydroxylation is 1. The molecule has 2 N–H and O–H groups in total. The average molecular weight is 322 g/mol. The quantitative estimate of drug-likeness (QED) is 0.772. The predicted octanol–water partition coefficient (Wildman–Crippen LogP) is 3.23. The Morgan fingerprint density at radius 3 is 2.50 bits per heavy atom. The number of nitrogens with one attached hydrogen (secondary N) is 2. The second-order valence-electron chi connectivity index (χ2n) is 5.35. The first-order valence-corrected chi connectivity index (χ1v) is 7.57. The smallest absolute Gasteiger partial charge is 0.324 e. The molecule has 0 aliphatic heterocycles. The maximum atomic E-state index is 11.9. The number of imidazole rings is 1. The topological polar surface area (TPSA) is 84.7 Å². The fraction of sp³-hybridized carbons (Fsp3) is 0.176. The molecule has 0 fully saturated rings. The van der Waals surface area contributed by atoms with Gasteiger partial charge in [0, 0.05) is 30.5 Å². The zero-order chi connectivity index (χ0) is 16.9. The number of rotatable bonds is 4. The van der Waals surface area contributed by atoms with E-state index in [9.17, 15) is 4.79 Å². The van der Waals surface area contributed by atoms with Gasteiger partial charge < -0.3 is 9.88 Å². The fourth-order valence-corrected chi connectivity index (χ4v) is 2.44. The molecule has 0 aliphatic carbocycles. The summed E-state index contributed by atoms with van der Waals surface area (Å²) in [6, 6.07) is 7.53. The molecule has 0 saturated heterocycles. The van der Waals surface area contributed by atoms with Gasteiger partial charge in [-0.2, -0.15) is 0 Å². The van der Waals surface area contributed by atoms with Crippen molar-refractivity contribution in [3.63, 3.8) is 0 Å². The molecule has 0 unspecified atom stereocenters. The summed E-state index contributed by atoms with van der Waals surface area (Å²) in [6.07, 6.45) is 8.30. The van der Waals surface area contributed by atoms with E-state index in [0.717, 1.165) is 11.4 Å². The van der Waals surface area contributed by atoms with Gasteiger partial charge in [0.15, 0.2) is 5.82 Å². The monoisotopic (exact) mass is 322 g/mol. The molecule has 1 atom stereocenters. The van der Waals surface area contributed by atoms with Crippen molar-refractivity contribution in [3.05, 3.63) is 66.6 Å². The van der Waals surface area contributed by atoms with E-state index in [-0.39, 0.29) is 12.1 Å². The van der Waals surface area contributed by atoms with Gasteiger partial charge in [-0.3, -0.25) is 10.3 Å². The minimum Gasteiger partial charge on any atom is -0.328 e. The van der Waals surface area contributed by atoms with Crippen LogP contribution in [0.5, 0.6) is 0 Å². The lowest BCUT2D eigenvalue weighted by Gasteiger charge is -2.16. The number of hydrogen-bond acceptors (Lipinski definition) is 4. The van der Waals surface area contributed by atoms with Crippen molar-refractivity contribution in [3.8, 4) is 0 Å². The molecule has 0 aliphatic rings. The molecular weight excluding hydrogens is 304 g/mol. The lowest BCUT2D eigenvalue weighted by molar-refractivity contribution is 0.262. The minimum absolute atomic E-state index is 0.176. The van der Waals surface area contributed by atoms with Crippen molar-refractivity contribution < 1.29 is 4.79 Å². The highest BCUT2D eigenvalue weighted by Gasteiger charge is 2.10. The van der Waals surface area contributed by atoms with Crippen LogP contribution in [0.1, 0.15) is 24.4 Å². The minimum atomic E-state index is -0.359. The first-order chi connectivity index (χ1) is 11.6. The van der Waals surface area contributed by atoms with Crippen LogP contribution < -0.4 is 10.6 Å². The number of aromatic nitrogens is 4. The zero-order valence-electron chi connectivity index (χ0n) is 13.5. The van der Waals surface area contributed by atoms with Crippen molar-refractivity contribution in [2.75, 3.05) is 10.6 Å². The first-order valence-electron chi connectivity index (χ1n) is 7.57. The van der Waals surface area contributed by atoms with Gasteiger partial charge in [0.05, 0.1) is 12.2 Å². The molecule has 1 aromatic carbocycles. The van der Waals surface area contributed by atoms with Gasteiger partial charge in [0.1, 0.15) is 5.82 Å². The lowest BCUT2D eigenvalue weighted by atomic mass is 10.1. The van der Waals surface area contributed by atoms with Crippen LogP contribution in [0.15, 0.2) is 55.2 Å². The van der Waals surface area contributed by atoms with Gasteiger partial charge in [-0.1, -0.05) is 12.1 Å².